The van der Waals surface area contributed by atoms with Crippen molar-refractivity contribution in [3.05, 3.63) is 69.0 Å². The lowest BCUT2D eigenvalue weighted by atomic mass is 9.85. The molecule has 3 aromatic rings. The summed E-state index contributed by atoms with van der Waals surface area (Å²) in [5.41, 5.74) is 4.20. The topological polar surface area (TPSA) is 161 Å². The van der Waals surface area contributed by atoms with Gasteiger partial charge in [-0.3, -0.25) is 9.59 Å². The lowest BCUT2D eigenvalue weighted by Crippen LogP contribution is -2.49. The van der Waals surface area contributed by atoms with E-state index in [-0.39, 0.29) is 43.1 Å². The van der Waals surface area contributed by atoms with Gasteiger partial charge in [0.1, 0.15) is 13.2 Å². The Balaban J connectivity index is 1.27. The van der Waals surface area contributed by atoms with Crippen molar-refractivity contribution in [2.45, 2.75) is 84.2 Å². The van der Waals surface area contributed by atoms with Crippen LogP contribution in [0.1, 0.15) is 68.4 Å². The van der Waals surface area contributed by atoms with Crippen LogP contribution in [0, 0.1) is 5.92 Å². The zero-order valence-electron chi connectivity index (χ0n) is 27.2. The Hall–Kier alpha value is -4.55. The number of benzene rings is 1. The van der Waals surface area contributed by atoms with Gasteiger partial charge in [0, 0.05) is 34.8 Å². The maximum absolute atomic E-state index is 13.7. The van der Waals surface area contributed by atoms with E-state index in [1.807, 2.05) is 26.0 Å². The number of nitrogens with zero attached hydrogens (tertiary/aromatic N) is 2. The van der Waals surface area contributed by atoms with Crippen molar-refractivity contribution < 1.29 is 29.0 Å². The van der Waals surface area contributed by atoms with Gasteiger partial charge in [0.15, 0.2) is 5.60 Å². The van der Waals surface area contributed by atoms with Crippen LogP contribution in [0.3, 0.4) is 0 Å². The number of aromatic nitrogens is 2. The molecule has 0 saturated carbocycles. The number of rotatable bonds is 10. The number of nitrogens with one attached hydrogen (secondary N) is 3. The van der Waals surface area contributed by atoms with E-state index in [1.54, 1.807) is 24.5 Å². The Labute approximate surface area is 272 Å². The number of cyclic esters (lactones) is 1. The summed E-state index contributed by atoms with van der Waals surface area (Å²) in [4.78, 5) is 56.7. The Morgan fingerprint density at radius 3 is 2.66 bits per heavy atom. The van der Waals surface area contributed by atoms with Gasteiger partial charge in [-0.25, -0.2) is 14.6 Å². The molecular weight excluding hydrogens is 602 g/mol. The molecule has 0 saturated heterocycles. The molecule has 2 aromatic heterocycles. The molecule has 4 N–H and O–H groups in total. The number of carbonyl (C=O) groups is 3. The molecule has 0 bridgehead atoms. The molecule has 248 valence electrons. The van der Waals surface area contributed by atoms with Gasteiger partial charge >= 0.3 is 12.1 Å². The summed E-state index contributed by atoms with van der Waals surface area (Å²) in [7, 11) is 0. The molecule has 0 spiro atoms. The maximum Gasteiger partial charge on any atom is 0.407 e. The van der Waals surface area contributed by atoms with Crippen molar-refractivity contribution in [1.29, 1.82) is 0 Å². The minimum absolute atomic E-state index is 0.0803. The molecule has 47 heavy (non-hydrogen) atoms. The van der Waals surface area contributed by atoms with Crippen molar-refractivity contribution in [3.8, 4) is 11.4 Å². The van der Waals surface area contributed by atoms with Crippen LogP contribution >= 0.6 is 0 Å². The van der Waals surface area contributed by atoms with Gasteiger partial charge in [0.2, 0.25) is 5.91 Å². The number of aryl methyl sites for hydroxylation is 2. The highest BCUT2D eigenvalue weighted by Crippen LogP contribution is 2.43. The smallest absolute Gasteiger partial charge is 0.407 e. The van der Waals surface area contributed by atoms with Crippen LogP contribution in [-0.2, 0) is 50.7 Å². The summed E-state index contributed by atoms with van der Waals surface area (Å²) in [6.45, 7) is 11.6. The second kappa shape index (κ2) is 12.6. The van der Waals surface area contributed by atoms with E-state index in [2.05, 4.69) is 22.5 Å². The van der Waals surface area contributed by atoms with Crippen LogP contribution in [0.25, 0.3) is 22.3 Å². The average molecular weight is 644 g/mol. The SMILES string of the molecule is C=CCOC(=O)N[C@H](CN[C@@H](C)C(=O)Nc1ccc2nc3c(c4c2c1CCC4)Cn1c-3cc2c(c1=O)COC(=O)[C@]2(O)CC)C(C)C. The number of pyridine rings is 2. The van der Waals surface area contributed by atoms with Crippen LogP contribution in [0.4, 0.5) is 10.5 Å². The van der Waals surface area contributed by atoms with Crippen LogP contribution in [0.15, 0.2) is 35.6 Å². The fraction of sp³-hybridized carbons (Fsp3) is 0.457. The predicted molar refractivity (Wildman–Crippen MR) is 176 cm³/mol. The molecule has 0 unspecified atom stereocenters. The van der Waals surface area contributed by atoms with Gasteiger partial charge in [-0.05, 0) is 67.9 Å². The highest BCUT2D eigenvalue weighted by Gasteiger charge is 2.45. The highest BCUT2D eigenvalue weighted by molar-refractivity contribution is 6.01. The Kier molecular flexibility index (Phi) is 8.66. The molecule has 12 nitrogen and oxygen atoms in total. The molecule has 1 aliphatic carbocycles. The summed E-state index contributed by atoms with van der Waals surface area (Å²) >= 11 is 0. The van der Waals surface area contributed by atoms with E-state index in [0.717, 1.165) is 52.5 Å². The number of anilines is 1. The van der Waals surface area contributed by atoms with Gasteiger partial charge in [-0.15, -0.1) is 0 Å². The fourth-order valence-electron chi connectivity index (χ4n) is 6.85. The molecule has 1 aromatic carbocycles. The normalized spacial score (nSPS) is 18.9. The molecule has 0 radical (unpaired) electrons. The van der Waals surface area contributed by atoms with Crippen molar-refractivity contribution in [3.63, 3.8) is 0 Å². The molecule has 0 fully saturated rings. The van der Waals surface area contributed by atoms with Gasteiger partial charge in [0.25, 0.3) is 5.56 Å². The van der Waals surface area contributed by atoms with Crippen LogP contribution in [-0.4, -0.2) is 57.9 Å². The van der Waals surface area contributed by atoms with Crippen LogP contribution in [0.5, 0.6) is 0 Å². The monoisotopic (exact) mass is 643 g/mol. The van der Waals surface area contributed by atoms with Gasteiger partial charge in [0.05, 0.1) is 35.1 Å². The lowest BCUT2D eigenvalue weighted by molar-refractivity contribution is -0.172. The lowest BCUT2D eigenvalue weighted by Gasteiger charge is -2.31. The third-order valence-electron chi connectivity index (χ3n) is 9.67. The van der Waals surface area contributed by atoms with E-state index in [0.29, 0.717) is 35.6 Å². The van der Waals surface area contributed by atoms with E-state index >= 15 is 0 Å². The summed E-state index contributed by atoms with van der Waals surface area (Å²) in [6.07, 6.45) is 3.47. The van der Waals surface area contributed by atoms with E-state index in [1.165, 1.54) is 6.08 Å². The molecule has 2 amide bonds. The molecule has 4 heterocycles. The van der Waals surface area contributed by atoms with Crippen molar-refractivity contribution in [2.75, 3.05) is 18.5 Å². The fourth-order valence-corrected chi connectivity index (χ4v) is 6.85. The zero-order valence-corrected chi connectivity index (χ0v) is 27.2. The largest absolute Gasteiger partial charge is 0.458 e. The van der Waals surface area contributed by atoms with Crippen LogP contribution in [0.2, 0.25) is 0 Å². The number of aliphatic hydroxyl groups is 1. The highest BCUT2D eigenvalue weighted by atomic mass is 16.6. The number of hydrogen-bond acceptors (Lipinski definition) is 9. The van der Waals surface area contributed by atoms with Gasteiger partial charge in [-0.1, -0.05) is 33.4 Å². The van der Waals surface area contributed by atoms with Crippen molar-refractivity contribution >= 4 is 34.6 Å². The third kappa shape index (κ3) is 5.59. The average Bonchev–Trinajstić information content (AvgIpc) is 3.44. The number of alkyl carbamates (subject to hydrolysis) is 1. The molecule has 2 aliphatic heterocycles. The van der Waals surface area contributed by atoms with Crippen LogP contribution < -0.4 is 21.5 Å². The molecular formula is C35H41N5O7. The number of carbonyl (C=O) groups excluding carboxylic acids is 3. The first-order valence-corrected chi connectivity index (χ1v) is 16.2. The summed E-state index contributed by atoms with van der Waals surface area (Å²) in [6, 6.07) is 4.69. The molecule has 3 aliphatic rings. The maximum atomic E-state index is 13.7. The molecule has 3 atom stereocenters. The second-order valence-electron chi connectivity index (χ2n) is 12.9. The van der Waals surface area contributed by atoms with E-state index in [9.17, 15) is 24.3 Å². The quantitative estimate of drug-likeness (QED) is 0.150. The van der Waals surface area contributed by atoms with E-state index < -0.39 is 23.7 Å². The number of fused-ring (bicyclic) bond motifs is 5. The molecule has 12 heteroatoms. The summed E-state index contributed by atoms with van der Waals surface area (Å²) < 4.78 is 11.9. The number of amides is 2. The number of esters is 1. The number of hydrogen-bond donors (Lipinski definition) is 4. The summed E-state index contributed by atoms with van der Waals surface area (Å²) in [5, 5.41) is 21.4. The first-order valence-electron chi connectivity index (χ1n) is 16.2. The second-order valence-corrected chi connectivity index (χ2v) is 12.9. The first kappa shape index (κ1) is 32.4. The standard InChI is InChI=1S/C35H41N5O7/c1-6-13-46-34(44)39-27(18(3)4)15-36-19(5)31(41)38-25-11-12-26-29-20(9-8-10-21(25)29)22-16-40-28(30(22)37-26)14-24-23(32(40)42)17-47-33(43)35(24,45)7-2/h6,11-12,14,18-19,27,36,45H,1,7-10,13,15-17H2,2-5H3,(H,38,41)(H,39,44)/t19-,27+,35-/m0/s1. The Bertz CT molecular complexity index is 1870. The zero-order chi connectivity index (χ0) is 33.6. The van der Waals surface area contributed by atoms with E-state index in [4.69, 9.17) is 14.5 Å². The van der Waals surface area contributed by atoms with Crippen molar-refractivity contribution in [2.24, 2.45) is 5.92 Å². The minimum Gasteiger partial charge on any atom is -0.458 e. The van der Waals surface area contributed by atoms with Crippen molar-refractivity contribution in [1.82, 2.24) is 20.2 Å². The summed E-state index contributed by atoms with van der Waals surface area (Å²) in [5.74, 6) is -0.850. The third-order valence-corrected chi connectivity index (χ3v) is 9.67. The molecule has 6 rings (SSSR count). The predicted octanol–water partition coefficient (Wildman–Crippen LogP) is 3.42. The van der Waals surface area contributed by atoms with Gasteiger partial charge in [-0.2, -0.15) is 0 Å². The van der Waals surface area contributed by atoms with Gasteiger partial charge < -0.3 is 35.1 Å². The first-order chi connectivity index (χ1) is 22.5. The minimum atomic E-state index is -1.88. The number of ether oxygens (including phenoxy) is 2. The Morgan fingerprint density at radius 2 is 1.94 bits per heavy atom. The Morgan fingerprint density at radius 1 is 1.17 bits per heavy atom.